The molecule has 2 aliphatic carbocycles. The molecular formula is C56H39NO3. The summed E-state index contributed by atoms with van der Waals surface area (Å²) in [6.45, 7) is 4.71. The molecule has 0 aliphatic heterocycles. The van der Waals surface area contributed by atoms with Crippen LogP contribution in [0.15, 0.2) is 171 Å². The van der Waals surface area contributed by atoms with Crippen LogP contribution in [-0.2, 0) is 0 Å². The molecule has 2 atom stereocenters. The molecule has 0 amide bonds. The second kappa shape index (κ2) is 12.6. The molecule has 0 radical (unpaired) electrons. The van der Waals surface area contributed by atoms with Crippen LogP contribution >= 0.6 is 0 Å². The second-order valence-corrected chi connectivity index (χ2v) is 16.9. The van der Waals surface area contributed by atoms with Crippen LogP contribution in [-0.4, -0.2) is 4.57 Å². The van der Waals surface area contributed by atoms with Gasteiger partial charge < -0.3 is 17.8 Å². The predicted molar refractivity (Wildman–Crippen MR) is 249 cm³/mol. The lowest BCUT2D eigenvalue weighted by molar-refractivity contribution is 0.633. The number of hydrogen-bond donors (Lipinski definition) is 0. The topological polar surface area (TPSA) is 44.4 Å². The first kappa shape index (κ1) is 33.6. The van der Waals surface area contributed by atoms with Crippen molar-refractivity contribution in [2.45, 2.75) is 32.6 Å². The number of allylic oxidation sites excluding steroid dienone is 5. The zero-order valence-corrected chi connectivity index (χ0v) is 33.3. The summed E-state index contributed by atoms with van der Waals surface area (Å²) in [4.78, 5) is 0. The van der Waals surface area contributed by atoms with Gasteiger partial charge in [0.05, 0.1) is 5.52 Å². The fourth-order valence-corrected chi connectivity index (χ4v) is 10.2. The zero-order valence-electron chi connectivity index (χ0n) is 33.3. The summed E-state index contributed by atoms with van der Waals surface area (Å²) in [5.41, 5.74) is 17.5. The van der Waals surface area contributed by atoms with Gasteiger partial charge in [0.15, 0.2) is 11.2 Å². The Morgan fingerprint density at radius 1 is 0.450 bits per heavy atom. The molecule has 4 heterocycles. The van der Waals surface area contributed by atoms with Crippen LogP contribution in [0.25, 0.3) is 122 Å². The Labute approximate surface area is 345 Å². The molecule has 4 nitrogen and oxygen atoms in total. The lowest BCUT2D eigenvalue weighted by atomic mass is 9.92. The SMILES string of the molecule is CC1CC=CC=C1n1c2c(c3cc(-c4ccc5oc6c(ccc7c8cc(-c9cccc(-c%10ccc%11oc%12ccccc%12c%11c%10)c9)ccc8oc76)c5c4)ccc31)C=CCC2C. The standard InChI is InChI=1S/C56H39NO3/c1-32-9-3-5-15-48(32)57-49-23-17-36(28-44(49)41-14-7-10-33(2)54(41)57)39-20-26-53-47(31-39)43-22-21-42-46-30-38(19-25-52(46)59-55(42)56(43)60-53)35-12-8-11-34(27-35)37-18-24-51-45(29-37)40-13-4-6-16-50(40)58-51/h3-8,11-33H,9-10H2,1-2H3. The molecule has 7 aromatic carbocycles. The van der Waals surface area contributed by atoms with Crippen molar-refractivity contribution in [2.75, 3.05) is 0 Å². The summed E-state index contributed by atoms with van der Waals surface area (Å²) in [6.07, 6.45) is 13.6. The van der Waals surface area contributed by atoms with Crippen molar-refractivity contribution >= 4 is 88.5 Å². The molecule has 2 unspecified atom stereocenters. The van der Waals surface area contributed by atoms with Gasteiger partial charge in [0.25, 0.3) is 0 Å². The Balaban J connectivity index is 0.884. The Bertz CT molecular complexity index is 3710. The number of hydrogen-bond acceptors (Lipinski definition) is 3. The first-order valence-electron chi connectivity index (χ1n) is 21.1. The van der Waals surface area contributed by atoms with Gasteiger partial charge in [0.2, 0.25) is 0 Å². The molecule has 0 saturated heterocycles. The van der Waals surface area contributed by atoms with Crippen molar-refractivity contribution in [1.82, 2.24) is 4.57 Å². The van der Waals surface area contributed by atoms with E-state index >= 15 is 0 Å². The maximum atomic E-state index is 6.63. The fraction of sp³-hybridized carbons (Fsp3) is 0.107. The quantitative estimate of drug-likeness (QED) is 0.179. The van der Waals surface area contributed by atoms with Gasteiger partial charge in [-0.25, -0.2) is 0 Å². The van der Waals surface area contributed by atoms with Gasteiger partial charge in [-0.3, -0.25) is 0 Å². The van der Waals surface area contributed by atoms with Crippen LogP contribution in [0.4, 0.5) is 0 Å². The number of benzene rings is 7. The molecule has 286 valence electrons. The average Bonchev–Trinajstić information content (AvgIpc) is 4.05. The smallest absolute Gasteiger partial charge is 0.178 e. The summed E-state index contributed by atoms with van der Waals surface area (Å²) in [5, 5.41) is 7.84. The van der Waals surface area contributed by atoms with Crippen LogP contribution in [0, 0.1) is 5.92 Å². The highest BCUT2D eigenvalue weighted by molar-refractivity contribution is 6.19. The first-order valence-corrected chi connectivity index (χ1v) is 21.1. The summed E-state index contributed by atoms with van der Waals surface area (Å²) >= 11 is 0. The number of furan rings is 3. The lowest BCUT2D eigenvalue weighted by Gasteiger charge is -2.25. The van der Waals surface area contributed by atoms with Crippen molar-refractivity contribution in [1.29, 1.82) is 0 Å². The second-order valence-electron chi connectivity index (χ2n) is 16.9. The number of fused-ring (bicyclic) bond motifs is 13. The molecule has 4 aromatic heterocycles. The Hall–Kier alpha value is -7.30. The van der Waals surface area contributed by atoms with Crippen molar-refractivity contribution < 1.29 is 13.3 Å². The normalized spacial score (nSPS) is 16.7. The van der Waals surface area contributed by atoms with E-state index in [9.17, 15) is 0 Å². The molecule has 11 aromatic rings. The first-order chi connectivity index (χ1) is 29.5. The van der Waals surface area contributed by atoms with Gasteiger partial charge in [-0.2, -0.15) is 0 Å². The Kier molecular flexibility index (Phi) is 7.07. The largest absolute Gasteiger partial charge is 0.456 e. The summed E-state index contributed by atoms with van der Waals surface area (Å²) in [6, 6.07) is 48.0. The van der Waals surface area contributed by atoms with Crippen molar-refractivity contribution in [2.24, 2.45) is 5.92 Å². The predicted octanol–water partition coefficient (Wildman–Crippen LogP) is 16.3. The van der Waals surface area contributed by atoms with E-state index in [0.717, 1.165) is 101 Å². The fourth-order valence-electron chi connectivity index (χ4n) is 10.2. The van der Waals surface area contributed by atoms with Crippen LogP contribution in [0.2, 0.25) is 0 Å². The van der Waals surface area contributed by atoms with Gasteiger partial charge in [0, 0.05) is 66.5 Å². The third-order valence-electron chi connectivity index (χ3n) is 13.3. The van der Waals surface area contributed by atoms with Crippen molar-refractivity contribution in [3.63, 3.8) is 0 Å². The molecule has 2 aliphatic rings. The highest BCUT2D eigenvalue weighted by atomic mass is 16.4. The molecule has 4 heteroatoms. The van der Waals surface area contributed by atoms with Gasteiger partial charge >= 0.3 is 0 Å². The Morgan fingerprint density at radius 2 is 1.00 bits per heavy atom. The monoisotopic (exact) mass is 773 g/mol. The minimum Gasteiger partial charge on any atom is -0.456 e. The molecule has 0 N–H and O–H groups in total. The van der Waals surface area contributed by atoms with E-state index in [2.05, 4.69) is 170 Å². The summed E-state index contributed by atoms with van der Waals surface area (Å²) < 4.78 is 21.9. The van der Waals surface area contributed by atoms with E-state index in [4.69, 9.17) is 13.3 Å². The summed E-state index contributed by atoms with van der Waals surface area (Å²) in [5.74, 6) is 0.927. The molecular weight excluding hydrogens is 735 g/mol. The van der Waals surface area contributed by atoms with E-state index in [1.54, 1.807) is 0 Å². The highest BCUT2D eigenvalue weighted by Gasteiger charge is 2.27. The number of para-hydroxylation sites is 1. The number of nitrogens with zero attached hydrogens (tertiary/aromatic N) is 1. The highest BCUT2D eigenvalue weighted by Crippen LogP contribution is 2.45. The van der Waals surface area contributed by atoms with Crippen LogP contribution in [0.1, 0.15) is 43.9 Å². The van der Waals surface area contributed by atoms with Crippen LogP contribution in [0.3, 0.4) is 0 Å². The van der Waals surface area contributed by atoms with Gasteiger partial charge in [0.1, 0.15) is 22.3 Å². The zero-order chi connectivity index (χ0) is 39.6. The molecule has 60 heavy (non-hydrogen) atoms. The van der Waals surface area contributed by atoms with Gasteiger partial charge in [-0.15, -0.1) is 0 Å². The molecule has 0 saturated carbocycles. The van der Waals surface area contributed by atoms with E-state index < -0.39 is 0 Å². The minimum absolute atomic E-state index is 0.456. The summed E-state index contributed by atoms with van der Waals surface area (Å²) in [7, 11) is 0. The molecule has 0 fully saturated rings. The average molecular weight is 774 g/mol. The minimum atomic E-state index is 0.456. The molecule has 0 bridgehead atoms. The van der Waals surface area contributed by atoms with E-state index in [1.807, 2.05) is 12.1 Å². The third-order valence-corrected chi connectivity index (χ3v) is 13.3. The maximum Gasteiger partial charge on any atom is 0.178 e. The molecule has 0 spiro atoms. The lowest BCUT2D eigenvalue weighted by Crippen LogP contribution is -2.13. The Morgan fingerprint density at radius 3 is 1.67 bits per heavy atom. The van der Waals surface area contributed by atoms with Crippen molar-refractivity contribution in [3.8, 4) is 33.4 Å². The number of aromatic nitrogens is 1. The van der Waals surface area contributed by atoms with E-state index in [0.29, 0.717) is 11.8 Å². The molecule has 13 rings (SSSR count). The number of rotatable bonds is 4. The van der Waals surface area contributed by atoms with Gasteiger partial charge in [-0.1, -0.05) is 98.8 Å². The van der Waals surface area contributed by atoms with E-state index in [1.165, 1.54) is 39.0 Å². The van der Waals surface area contributed by atoms with Crippen molar-refractivity contribution in [3.05, 3.63) is 169 Å². The van der Waals surface area contributed by atoms with Crippen LogP contribution < -0.4 is 0 Å². The maximum absolute atomic E-state index is 6.63. The van der Waals surface area contributed by atoms with E-state index in [-0.39, 0.29) is 0 Å². The van der Waals surface area contributed by atoms with Gasteiger partial charge in [-0.05, 0) is 125 Å². The third kappa shape index (κ3) is 4.91. The van der Waals surface area contributed by atoms with Crippen LogP contribution in [0.5, 0.6) is 0 Å².